The molecule has 1 atom stereocenters. The van der Waals surface area contributed by atoms with E-state index >= 15 is 0 Å². The van der Waals surface area contributed by atoms with Crippen molar-refractivity contribution in [3.8, 4) is 0 Å². The molecule has 1 unspecified atom stereocenters. The van der Waals surface area contributed by atoms with Crippen LogP contribution in [0.25, 0.3) is 0 Å². The van der Waals surface area contributed by atoms with Crippen molar-refractivity contribution >= 4 is 17.6 Å². The van der Waals surface area contributed by atoms with Crippen LogP contribution >= 0.6 is 0 Å². The van der Waals surface area contributed by atoms with E-state index in [4.69, 9.17) is 5.11 Å². The SMILES string of the molecule is CCC(C)N(CC(=O)O)CC(=O)Nc1ccc(C)c(F)c1. The zero-order valence-corrected chi connectivity index (χ0v) is 12.5. The lowest BCUT2D eigenvalue weighted by Crippen LogP contribution is -2.42. The van der Waals surface area contributed by atoms with Crippen LogP contribution in [-0.4, -0.2) is 41.0 Å². The molecule has 21 heavy (non-hydrogen) atoms. The predicted octanol–water partition coefficient (Wildman–Crippen LogP) is 2.26. The summed E-state index contributed by atoms with van der Waals surface area (Å²) in [5.74, 6) is -1.73. The standard InChI is InChI=1S/C15H21FN2O3/c1-4-11(3)18(9-15(20)21)8-14(19)17-12-6-5-10(2)13(16)7-12/h5-7,11H,4,8-9H2,1-3H3,(H,17,19)(H,20,21). The Morgan fingerprint density at radius 3 is 2.57 bits per heavy atom. The molecule has 0 aliphatic carbocycles. The number of carboxylic acid groups (broad SMARTS) is 1. The second-order valence-corrected chi connectivity index (χ2v) is 5.07. The van der Waals surface area contributed by atoms with E-state index in [1.54, 1.807) is 24.0 Å². The Hall–Kier alpha value is -1.95. The van der Waals surface area contributed by atoms with Crippen molar-refractivity contribution in [3.05, 3.63) is 29.6 Å². The van der Waals surface area contributed by atoms with Gasteiger partial charge in [-0.25, -0.2) is 4.39 Å². The summed E-state index contributed by atoms with van der Waals surface area (Å²) in [6, 6.07) is 4.41. The monoisotopic (exact) mass is 296 g/mol. The molecule has 5 nitrogen and oxygen atoms in total. The molecular weight excluding hydrogens is 275 g/mol. The van der Waals surface area contributed by atoms with Gasteiger partial charge in [-0.2, -0.15) is 0 Å². The summed E-state index contributed by atoms with van der Waals surface area (Å²) < 4.78 is 13.4. The van der Waals surface area contributed by atoms with Crippen molar-refractivity contribution in [2.75, 3.05) is 18.4 Å². The molecule has 0 aromatic heterocycles. The van der Waals surface area contributed by atoms with E-state index in [2.05, 4.69) is 5.32 Å². The first-order valence-corrected chi connectivity index (χ1v) is 6.85. The fourth-order valence-electron chi connectivity index (χ4n) is 1.86. The third-order valence-electron chi connectivity index (χ3n) is 3.35. The summed E-state index contributed by atoms with van der Waals surface area (Å²) in [5.41, 5.74) is 0.864. The highest BCUT2D eigenvalue weighted by atomic mass is 19.1. The maximum absolute atomic E-state index is 13.4. The molecule has 0 aliphatic heterocycles. The molecule has 116 valence electrons. The zero-order chi connectivity index (χ0) is 16.0. The van der Waals surface area contributed by atoms with Gasteiger partial charge in [0.25, 0.3) is 0 Å². The van der Waals surface area contributed by atoms with Crippen LogP contribution in [0.1, 0.15) is 25.8 Å². The van der Waals surface area contributed by atoms with Gasteiger partial charge >= 0.3 is 5.97 Å². The third kappa shape index (κ3) is 5.51. The molecule has 1 rings (SSSR count). The topological polar surface area (TPSA) is 69.6 Å². The quantitative estimate of drug-likeness (QED) is 0.809. The molecule has 0 heterocycles. The fourth-order valence-corrected chi connectivity index (χ4v) is 1.86. The molecule has 6 heteroatoms. The van der Waals surface area contributed by atoms with E-state index in [0.717, 1.165) is 6.42 Å². The molecule has 1 aromatic carbocycles. The molecule has 0 bridgehead atoms. The zero-order valence-electron chi connectivity index (χ0n) is 12.5. The normalized spacial score (nSPS) is 12.2. The van der Waals surface area contributed by atoms with Gasteiger partial charge in [-0.1, -0.05) is 13.0 Å². The molecular formula is C15H21FN2O3. The third-order valence-corrected chi connectivity index (χ3v) is 3.35. The van der Waals surface area contributed by atoms with Crippen molar-refractivity contribution in [2.24, 2.45) is 0 Å². The molecule has 0 saturated heterocycles. The number of hydrogen-bond donors (Lipinski definition) is 2. The van der Waals surface area contributed by atoms with Crippen LogP contribution in [0.3, 0.4) is 0 Å². The second kappa shape index (κ2) is 7.73. The van der Waals surface area contributed by atoms with Gasteiger partial charge in [0.05, 0.1) is 13.1 Å². The van der Waals surface area contributed by atoms with E-state index in [9.17, 15) is 14.0 Å². The Morgan fingerprint density at radius 2 is 2.05 bits per heavy atom. The van der Waals surface area contributed by atoms with Crippen molar-refractivity contribution in [3.63, 3.8) is 0 Å². The number of anilines is 1. The summed E-state index contributed by atoms with van der Waals surface area (Å²) in [6.45, 7) is 5.18. The Kier molecular flexibility index (Phi) is 6.30. The number of benzene rings is 1. The van der Waals surface area contributed by atoms with E-state index in [0.29, 0.717) is 11.3 Å². The van der Waals surface area contributed by atoms with E-state index < -0.39 is 11.8 Å². The van der Waals surface area contributed by atoms with E-state index in [-0.39, 0.29) is 25.0 Å². The maximum atomic E-state index is 13.4. The molecule has 0 saturated carbocycles. The lowest BCUT2D eigenvalue weighted by Gasteiger charge is -2.25. The van der Waals surface area contributed by atoms with Gasteiger partial charge in [-0.3, -0.25) is 14.5 Å². The number of nitrogens with one attached hydrogen (secondary N) is 1. The van der Waals surface area contributed by atoms with Gasteiger partial charge in [-0.15, -0.1) is 0 Å². The minimum atomic E-state index is -0.982. The van der Waals surface area contributed by atoms with Crippen LogP contribution in [0.15, 0.2) is 18.2 Å². The Labute approximate surface area is 123 Å². The number of aliphatic carboxylic acids is 1. The molecule has 2 N–H and O–H groups in total. The minimum Gasteiger partial charge on any atom is -0.480 e. The highest BCUT2D eigenvalue weighted by Crippen LogP contribution is 2.13. The van der Waals surface area contributed by atoms with Crippen LogP contribution in [-0.2, 0) is 9.59 Å². The predicted molar refractivity (Wildman–Crippen MR) is 78.7 cm³/mol. The molecule has 0 radical (unpaired) electrons. The van der Waals surface area contributed by atoms with Gasteiger partial charge in [0.15, 0.2) is 0 Å². The average Bonchev–Trinajstić information content (AvgIpc) is 2.40. The number of amides is 1. The summed E-state index contributed by atoms with van der Waals surface area (Å²) in [4.78, 5) is 24.4. The van der Waals surface area contributed by atoms with Crippen LogP contribution in [0.2, 0.25) is 0 Å². The van der Waals surface area contributed by atoms with Gasteiger partial charge in [0.1, 0.15) is 5.82 Å². The highest BCUT2D eigenvalue weighted by Gasteiger charge is 2.18. The number of carbonyl (C=O) groups excluding carboxylic acids is 1. The number of nitrogens with zero attached hydrogens (tertiary/aromatic N) is 1. The first-order valence-electron chi connectivity index (χ1n) is 6.85. The highest BCUT2D eigenvalue weighted by molar-refractivity contribution is 5.92. The second-order valence-electron chi connectivity index (χ2n) is 5.07. The van der Waals surface area contributed by atoms with Crippen LogP contribution < -0.4 is 5.32 Å². The molecule has 0 aliphatic rings. The number of carboxylic acids is 1. The smallest absolute Gasteiger partial charge is 0.317 e. The van der Waals surface area contributed by atoms with Crippen molar-refractivity contribution in [2.45, 2.75) is 33.2 Å². The van der Waals surface area contributed by atoms with Gasteiger partial charge in [0.2, 0.25) is 5.91 Å². The number of aryl methyl sites for hydroxylation is 1. The van der Waals surface area contributed by atoms with Gasteiger partial charge < -0.3 is 10.4 Å². The summed E-state index contributed by atoms with van der Waals surface area (Å²) in [6.07, 6.45) is 0.736. The largest absolute Gasteiger partial charge is 0.480 e. The lowest BCUT2D eigenvalue weighted by atomic mass is 10.2. The Balaban J connectivity index is 2.68. The van der Waals surface area contributed by atoms with Crippen LogP contribution in [0.4, 0.5) is 10.1 Å². The van der Waals surface area contributed by atoms with Crippen molar-refractivity contribution in [1.82, 2.24) is 4.90 Å². The number of rotatable bonds is 7. The Morgan fingerprint density at radius 1 is 1.38 bits per heavy atom. The van der Waals surface area contributed by atoms with Crippen molar-refractivity contribution in [1.29, 1.82) is 0 Å². The number of halogens is 1. The summed E-state index contributed by atoms with van der Waals surface area (Å²) in [5, 5.41) is 11.5. The molecule has 1 amide bonds. The first-order chi connectivity index (χ1) is 9.83. The van der Waals surface area contributed by atoms with Gasteiger partial charge in [0, 0.05) is 11.7 Å². The molecule has 0 spiro atoms. The average molecular weight is 296 g/mol. The summed E-state index contributed by atoms with van der Waals surface area (Å²) in [7, 11) is 0. The van der Waals surface area contributed by atoms with Crippen molar-refractivity contribution < 1.29 is 19.1 Å². The molecule has 1 aromatic rings. The minimum absolute atomic E-state index is 0.0263. The lowest BCUT2D eigenvalue weighted by molar-refractivity contribution is -0.139. The van der Waals surface area contributed by atoms with Crippen LogP contribution in [0.5, 0.6) is 0 Å². The first kappa shape index (κ1) is 17.1. The molecule has 0 fully saturated rings. The van der Waals surface area contributed by atoms with Gasteiger partial charge in [-0.05, 0) is 38.0 Å². The number of hydrogen-bond acceptors (Lipinski definition) is 3. The Bertz CT molecular complexity index is 520. The van der Waals surface area contributed by atoms with E-state index in [1.165, 1.54) is 6.07 Å². The summed E-state index contributed by atoms with van der Waals surface area (Å²) >= 11 is 0. The fraction of sp³-hybridized carbons (Fsp3) is 0.467. The maximum Gasteiger partial charge on any atom is 0.317 e. The van der Waals surface area contributed by atoms with E-state index in [1.807, 2.05) is 13.8 Å². The number of carbonyl (C=O) groups is 2. The van der Waals surface area contributed by atoms with Crippen LogP contribution in [0, 0.1) is 12.7 Å².